The Morgan fingerprint density at radius 1 is 0.971 bits per heavy atom. The molecule has 0 spiro atoms. The van der Waals surface area contributed by atoms with E-state index >= 15 is 0 Å². The number of hydrogen-bond donors (Lipinski definition) is 1. The van der Waals surface area contributed by atoms with Gasteiger partial charge in [0.25, 0.3) is 5.56 Å². The highest BCUT2D eigenvalue weighted by atomic mass is 16.5. The fourth-order valence-corrected chi connectivity index (χ4v) is 4.13. The number of ether oxygens (including phenoxy) is 1. The topological polar surface area (TPSA) is 88.4 Å². The quantitative estimate of drug-likeness (QED) is 0.451. The molecule has 35 heavy (non-hydrogen) atoms. The number of hydrogen-bond acceptors (Lipinski definition) is 8. The Morgan fingerprint density at radius 3 is 2.43 bits per heavy atom. The summed E-state index contributed by atoms with van der Waals surface area (Å²) in [5.74, 6) is 2.20. The maximum atomic E-state index is 13.2. The van der Waals surface area contributed by atoms with Gasteiger partial charge in [0, 0.05) is 43.8 Å². The van der Waals surface area contributed by atoms with Crippen molar-refractivity contribution in [3.05, 3.63) is 71.3 Å². The lowest BCUT2D eigenvalue weighted by Gasteiger charge is -2.33. The van der Waals surface area contributed by atoms with Crippen LogP contribution < -0.4 is 20.5 Å². The molecule has 1 fully saturated rings. The summed E-state index contributed by atoms with van der Waals surface area (Å²) in [7, 11) is 2.14. The molecule has 0 unspecified atom stereocenters. The van der Waals surface area contributed by atoms with Gasteiger partial charge in [0.2, 0.25) is 5.95 Å². The Balaban J connectivity index is 1.41. The van der Waals surface area contributed by atoms with E-state index in [1.54, 1.807) is 23.0 Å². The van der Waals surface area contributed by atoms with Crippen LogP contribution in [0.3, 0.4) is 0 Å². The molecule has 0 amide bonds. The summed E-state index contributed by atoms with van der Waals surface area (Å²) in [5.41, 5.74) is 1.09. The summed E-state index contributed by atoms with van der Waals surface area (Å²) in [6.45, 7) is 7.89. The third-order valence-corrected chi connectivity index (χ3v) is 6.06. The van der Waals surface area contributed by atoms with Gasteiger partial charge in [0.15, 0.2) is 5.75 Å². The molecule has 9 nitrogen and oxygen atoms in total. The van der Waals surface area contributed by atoms with Gasteiger partial charge in [-0.25, -0.2) is 9.97 Å². The molecule has 1 aliphatic heterocycles. The van der Waals surface area contributed by atoms with Gasteiger partial charge < -0.3 is 19.9 Å². The molecule has 180 valence electrons. The maximum Gasteiger partial charge on any atom is 0.295 e. The summed E-state index contributed by atoms with van der Waals surface area (Å²) < 4.78 is 7.52. The SMILES string of the molecule is CC(C)n1c(=O)c(Oc2ccccc2)cc2cnc(Nc3ccc(N4CCN(C)CC4)nc3)nc21. The van der Waals surface area contributed by atoms with Crippen LogP contribution in [-0.4, -0.2) is 57.6 Å². The number of para-hydroxylation sites is 1. The van der Waals surface area contributed by atoms with Crippen LogP contribution in [0.2, 0.25) is 0 Å². The highest BCUT2D eigenvalue weighted by Gasteiger charge is 2.17. The zero-order chi connectivity index (χ0) is 24.4. The van der Waals surface area contributed by atoms with E-state index in [0.717, 1.165) is 43.1 Å². The van der Waals surface area contributed by atoms with Crippen LogP contribution in [0.5, 0.6) is 11.5 Å². The molecule has 1 N–H and O–H groups in total. The molecular weight excluding hydrogens is 442 g/mol. The van der Waals surface area contributed by atoms with Crippen molar-refractivity contribution in [1.29, 1.82) is 0 Å². The zero-order valence-electron chi connectivity index (χ0n) is 20.2. The lowest BCUT2D eigenvalue weighted by Crippen LogP contribution is -2.44. The number of aromatic nitrogens is 4. The standard InChI is InChI=1S/C26H29N7O2/c1-18(2)33-24-19(15-22(25(33)34)35-21-7-5-4-6-8-21)16-28-26(30-24)29-20-9-10-23(27-17-20)32-13-11-31(3)12-14-32/h4-10,15-18H,11-14H2,1-3H3,(H,28,29,30). The number of anilines is 3. The van der Waals surface area contributed by atoms with E-state index in [9.17, 15) is 4.79 Å². The number of nitrogens with one attached hydrogen (secondary N) is 1. The number of benzene rings is 1. The smallest absolute Gasteiger partial charge is 0.295 e. The van der Waals surface area contributed by atoms with Crippen molar-refractivity contribution in [2.24, 2.45) is 0 Å². The Kier molecular flexibility index (Phi) is 6.33. The summed E-state index contributed by atoms with van der Waals surface area (Å²) in [6, 6.07) is 14.8. The molecule has 1 aromatic carbocycles. The van der Waals surface area contributed by atoms with Crippen LogP contribution in [0.4, 0.5) is 17.5 Å². The number of rotatable bonds is 6. The van der Waals surface area contributed by atoms with Gasteiger partial charge in [-0.15, -0.1) is 0 Å². The zero-order valence-corrected chi connectivity index (χ0v) is 20.2. The Morgan fingerprint density at radius 2 is 1.74 bits per heavy atom. The van der Waals surface area contributed by atoms with Crippen molar-refractivity contribution in [3.63, 3.8) is 0 Å². The number of likely N-dealkylation sites (N-methyl/N-ethyl adjacent to an activating group) is 1. The molecule has 3 aromatic heterocycles. The summed E-state index contributed by atoms with van der Waals surface area (Å²) in [4.78, 5) is 31.6. The first kappa shape index (κ1) is 22.8. The Hall–Kier alpha value is -3.98. The van der Waals surface area contributed by atoms with Crippen LogP contribution in [0.25, 0.3) is 11.0 Å². The molecule has 9 heteroatoms. The molecular formula is C26H29N7O2. The minimum atomic E-state index is -0.237. The highest BCUT2D eigenvalue weighted by Crippen LogP contribution is 2.24. The van der Waals surface area contributed by atoms with Crippen molar-refractivity contribution in [2.45, 2.75) is 19.9 Å². The number of pyridine rings is 2. The first-order valence-corrected chi connectivity index (χ1v) is 11.8. The molecule has 0 radical (unpaired) electrons. The van der Waals surface area contributed by atoms with Gasteiger partial charge in [-0.2, -0.15) is 4.98 Å². The lowest BCUT2D eigenvalue weighted by molar-refractivity contribution is 0.312. The van der Waals surface area contributed by atoms with E-state index in [4.69, 9.17) is 4.74 Å². The van der Waals surface area contributed by atoms with Crippen LogP contribution in [0.15, 0.2) is 65.7 Å². The van der Waals surface area contributed by atoms with Crippen molar-refractivity contribution in [1.82, 2.24) is 24.4 Å². The fourth-order valence-electron chi connectivity index (χ4n) is 4.13. The van der Waals surface area contributed by atoms with Gasteiger partial charge in [-0.1, -0.05) is 18.2 Å². The third kappa shape index (κ3) is 4.95. The van der Waals surface area contributed by atoms with Crippen LogP contribution in [0.1, 0.15) is 19.9 Å². The highest BCUT2D eigenvalue weighted by molar-refractivity contribution is 5.77. The fraction of sp³-hybridized carbons (Fsp3) is 0.308. The normalized spacial score (nSPS) is 14.5. The molecule has 0 aliphatic carbocycles. The summed E-state index contributed by atoms with van der Waals surface area (Å²) in [6.07, 6.45) is 3.49. The first-order chi connectivity index (χ1) is 17.0. The molecule has 5 rings (SSSR count). The summed E-state index contributed by atoms with van der Waals surface area (Å²) >= 11 is 0. The minimum Gasteiger partial charge on any atom is -0.452 e. The number of nitrogens with zero attached hydrogens (tertiary/aromatic N) is 6. The first-order valence-electron chi connectivity index (χ1n) is 11.8. The largest absolute Gasteiger partial charge is 0.452 e. The molecule has 1 aliphatic rings. The predicted octanol–water partition coefficient (Wildman–Crippen LogP) is 4.06. The van der Waals surface area contributed by atoms with Crippen molar-refractivity contribution < 1.29 is 4.74 Å². The number of fused-ring (bicyclic) bond motifs is 1. The van der Waals surface area contributed by atoms with Crippen LogP contribution in [-0.2, 0) is 0 Å². The van der Waals surface area contributed by atoms with E-state index in [0.29, 0.717) is 17.3 Å². The van der Waals surface area contributed by atoms with E-state index in [1.807, 2.05) is 56.3 Å². The molecule has 4 heterocycles. The van der Waals surface area contributed by atoms with Gasteiger partial charge in [0.1, 0.15) is 17.2 Å². The molecule has 0 bridgehead atoms. The molecule has 4 aromatic rings. The second-order valence-corrected chi connectivity index (χ2v) is 8.99. The average Bonchev–Trinajstić information content (AvgIpc) is 2.86. The van der Waals surface area contributed by atoms with Crippen molar-refractivity contribution in [2.75, 3.05) is 43.4 Å². The summed E-state index contributed by atoms with van der Waals surface area (Å²) in [5, 5.41) is 3.94. The minimum absolute atomic E-state index is 0.114. The van der Waals surface area contributed by atoms with Gasteiger partial charge in [-0.3, -0.25) is 9.36 Å². The van der Waals surface area contributed by atoms with E-state index < -0.39 is 0 Å². The van der Waals surface area contributed by atoms with E-state index in [1.165, 1.54) is 0 Å². The molecule has 1 saturated heterocycles. The Bertz CT molecular complexity index is 1360. The lowest BCUT2D eigenvalue weighted by atomic mass is 10.2. The van der Waals surface area contributed by atoms with Gasteiger partial charge in [-0.05, 0) is 51.2 Å². The third-order valence-electron chi connectivity index (χ3n) is 6.06. The van der Waals surface area contributed by atoms with Crippen molar-refractivity contribution >= 4 is 28.5 Å². The maximum absolute atomic E-state index is 13.2. The molecule has 0 atom stereocenters. The van der Waals surface area contributed by atoms with E-state index in [2.05, 4.69) is 37.1 Å². The van der Waals surface area contributed by atoms with Crippen molar-refractivity contribution in [3.8, 4) is 11.5 Å². The average molecular weight is 472 g/mol. The van der Waals surface area contributed by atoms with Gasteiger partial charge in [0.05, 0.1) is 11.9 Å². The monoisotopic (exact) mass is 471 g/mol. The molecule has 0 saturated carbocycles. The predicted molar refractivity (Wildman–Crippen MR) is 138 cm³/mol. The number of piperazine rings is 1. The van der Waals surface area contributed by atoms with Crippen LogP contribution >= 0.6 is 0 Å². The second kappa shape index (κ2) is 9.71. The Labute approximate surface area is 204 Å². The van der Waals surface area contributed by atoms with Crippen LogP contribution in [0, 0.1) is 0 Å². The second-order valence-electron chi connectivity index (χ2n) is 8.99. The van der Waals surface area contributed by atoms with E-state index in [-0.39, 0.29) is 17.4 Å². The van der Waals surface area contributed by atoms with Gasteiger partial charge >= 0.3 is 0 Å².